The van der Waals surface area contributed by atoms with Crippen molar-refractivity contribution >= 4 is 0 Å². The first-order valence-electron chi connectivity index (χ1n) is 6.30. The third-order valence-corrected chi connectivity index (χ3v) is 4.26. The molecule has 0 aromatic rings. The van der Waals surface area contributed by atoms with Crippen molar-refractivity contribution in [3.8, 4) is 0 Å². The molecule has 0 bridgehead atoms. The van der Waals surface area contributed by atoms with Crippen molar-refractivity contribution in [1.82, 2.24) is 9.80 Å². The number of rotatable bonds is 3. The number of piperidine rings is 1. The second kappa shape index (κ2) is 3.49. The fourth-order valence-corrected chi connectivity index (χ4v) is 2.88. The largest absolute Gasteiger partial charge is 0.300 e. The molecule has 1 saturated heterocycles. The molecule has 0 aromatic carbocycles. The molecule has 0 aromatic heterocycles. The zero-order valence-corrected chi connectivity index (χ0v) is 9.28. The minimum Gasteiger partial charge on any atom is -0.300 e. The Kier molecular flexibility index (Phi) is 2.29. The smallest absolute Gasteiger partial charge is 0.0119 e. The molecule has 3 rings (SSSR count). The summed E-state index contributed by atoms with van der Waals surface area (Å²) in [7, 11) is 2.34. The van der Waals surface area contributed by atoms with E-state index in [1.54, 1.807) is 0 Å². The van der Waals surface area contributed by atoms with Gasteiger partial charge in [0, 0.05) is 18.1 Å². The SMILES string of the molecule is CN(C1CC1)C1CCN(C2CC2)CC1. The molecule has 0 unspecified atom stereocenters. The van der Waals surface area contributed by atoms with Gasteiger partial charge < -0.3 is 9.80 Å². The summed E-state index contributed by atoms with van der Waals surface area (Å²) in [5.74, 6) is 0. The summed E-state index contributed by atoms with van der Waals surface area (Å²) in [4.78, 5) is 5.38. The predicted octanol–water partition coefficient (Wildman–Crippen LogP) is 1.71. The van der Waals surface area contributed by atoms with Crippen LogP contribution in [0.4, 0.5) is 0 Å². The standard InChI is InChI=1S/C12H22N2/c1-13(10-2-3-10)11-6-8-14(9-7-11)12-4-5-12/h10-12H,2-9H2,1H3. The topological polar surface area (TPSA) is 6.48 Å². The van der Waals surface area contributed by atoms with Crippen molar-refractivity contribution in [2.45, 2.75) is 56.7 Å². The van der Waals surface area contributed by atoms with E-state index < -0.39 is 0 Å². The molecule has 2 heteroatoms. The molecule has 3 fully saturated rings. The number of nitrogens with zero attached hydrogens (tertiary/aromatic N) is 2. The molecule has 0 N–H and O–H groups in total. The van der Waals surface area contributed by atoms with Gasteiger partial charge in [-0.1, -0.05) is 0 Å². The monoisotopic (exact) mass is 194 g/mol. The molecule has 1 heterocycles. The molecule has 80 valence electrons. The van der Waals surface area contributed by atoms with Gasteiger partial charge in [-0.25, -0.2) is 0 Å². The molecular weight excluding hydrogens is 172 g/mol. The summed E-state index contributed by atoms with van der Waals surface area (Å²) < 4.78 is 0. The zero-order valence-electron chi connectivity index (χ0n) is 9.28. The number of hydrogen-bond acceptors (Lipinski definition) is 2. The van der Waals surface area contributed by atoms with E-state index in [1.165, 1.54) is 51.6 Å². The maximum absolute atomic E-state index is 2.72. The molecule has 0 amide bonds. The summed E-state index contributed by atoms with van der Waals surface area (Å²) in [6.07, 6.45) is 8.71. The predicted molar refractivity (Wildman–Crippen MR) is 58.4 cm³/mol. The van der Waals surface area contributed by atoms with E-state index in [1.807, 2.05) is 0 Å². The lowest BCUT2D eigenvalue weighted by Gasteiger charge is -2.37. The van der Waals surface area contributed by atoms with Crippen LogP contribution < -0.4 is 0 Å². The molecule has 0 spiro atoms. The third-order valence-electron chi connectivity index (χ3n) is 4.26. The Morgan fingerprint density at radius 2 is 1.43 bits per heavy atom. The Morgan fingerprint density at radius 3 is 1.93 bits per heavy atom. The third kappa shape index (κ3) is 1.82. The molecular formula is C12H22N2. The van der Waals surface area contributed by atoms with Crippen molar-refractivity contribution in [3.05, 3.63) is 0 Å². The number of hydrogen-bond donors (Lipinski definition) is 0. The molecule has 2 nitrogen and oxygen atoms in total. The summed E-state index contributed by atoms with van der Waals surface area (Å²) in [5.41, 5.74) is 0. The van der Waals surface area contributed by atoms with Crippen LogP contribution in [0.3, 0.4) is 0 Å². The lowest BCUT2D eigenvalue weighted by atomic mass is 10.0. The average Bonchev–Trinajstić information content (AvgIpc) is 3.05. The van der Waals surface area contributed by atoms with Gasteiger partial charge in [0.2, 0.25) is 0 Å². The van der Waals surface area contributed by atoms with E-state index in [9.17, 15) is 0 Å². The average molecular weight is 194 g/mol. The lowest BCUT2D eigenvalue weighted by Crippen LogP contribution is -2.44. The Bertz CT molecular complexity index is 200. The van der Waals surface area contributed by atoms with E-state index in [4.69, 9.17) is 0 Å². The van der Waals surface area contributed by atoms with Gasteiger partial charge in [-0.05, 0) is 58.7 Å². The van der Waals surface area contributed by atoms with Gasteiger partial charge in [-0.3, -0.25) is 0 Å². The van der Waals surface area contributed by atoms with Crippen LogP contribution in [-0.4, -0.2) is 48.1 Å². The van der Waals surface area contributed by atoms with E-state index in [2.05, 4.69) is 16.8 Å². The van der Waals surface area contributed by atoms with Crippen LogP contribution in [0, 0.1) is 0 Å². The van der Waals surface area contributed by atoms with Crippen LogP contribution in [0.15, 0.2) is 0 Å². The van der Waals surface area contributed by atoms with Crippen LogP contribution >= 0.6 is 0 Å². The summed E-state index contributed by atoms with van der Waals surface area (Å²) in [6.45, 7) is 2.73. The first kappa shape index (κ1) is 9.17. The highest BCUT2D eigenvalue weighted by Crippen LogP contribution is 2.33. The second-order valence-electron chi connectivity index (χ2n) is 5.39. The lowest BCUT2D eigenvalue weighted by molar-refractivity contribution is 0.118. The number of likely N-dealkylation sites (tertiary alicyclic amines) is 1. The molecule has 3 aliphatic rings. The zero-order chi connectivity index (χ0) is 9.54. The Balaban J connectivity index is 1.48. The van der Waals surface area contributed by atoms with Gasteiger partial charge in [-0.15, -0.1) is 0 Å². The van der Waals surface area contributed by atoms with Crippen molar-refractivity contribution in [1.29, 1.82) is 0 Å². The Hall–Kier alpha value is -0.0800. The van der Waals surface area contributed by atoms with Crippen LogP contribution in [-0.2, 0) is 0 Å². The van der Waals surface area contributed by atoms with Crippen molar-refractivity contribution in [2.75, 3.05) is 20.1 Å². The van der Waals surface area contributed by atoms with Crippen LogP contribution in [0.5, 0.6) is 0 Å². The first-order valence-corrected chi connectivity index (χ1v) is 6.30. The Morgan fingerprint density at radius 1 is 0.857 bits per heavy atom. The molecule has 2 saturated carbocycles. The minimum absolute atomic E-state index is 0.900. The molecule has 0 atom stereocenters. The van der Waals surface area contributed by atoms with E-state index in [0.717, 1.165) is 18.1 Å². The highest BCUT2D eigenvalue weighted by atomic mass is 15.2. The fraction of sp³-hybridized carbons (Fsp3) is 1.00. The summed E-state index contributed by atoms with van der Waals surface area (Å²) >= 11 is 0. The highest BCUT2D eigenvalue weighted by Gasteiger charge is 2.36. The maximum atomic E-state index is 2.72. The van der Waals surface area contributed by atoms with Crippen molar-refractivity contribution < 1.29 is 0 Å². The summed E-state index contributed by atoms with van der Waals surface area (Å²) in [6, 6.07) is 2.84. The van der Waals surface area contributed by atoms with Gasteiger partial charge in [-0.2, -0.15) is 0 Å². The fourth-order valence-electron chi connectivity index (χ4n) is 2.88. The molecule has 1 aliphatic heterocycles. The van der Waals surface area contributed by atoms with Gasteiger partial charge in [0.05, 0.1) is 0 Å². The van der Waals surface area contributed by atoms with Gasteiger partial charge >= 0.3 is 0 Å². The van der Waals surface area contributed by atoms with E-state index >= 15 is 0 Å². The van der Waals surface area contributed by atoms with Crippen molar-refractivity contribution in [2.24, 2.45) is 0 Å². The minimum atomic E-state index is 0.900. The maximum Gasteiger partial charge on any atom is 0.0119 e. The van der Waals surface area contributed by atoms with Crippen LogP contribution in [0.25, 0.3) is 0 Å². The Labute approximate surface area is 87.3 Å². The summed E-state index contributed by atoms with van der Waals surface area (Å²) in [5, 5.41) is 0. The highest BCUT2D eigenvalue weighted by molar-refractivity contribution is 4.92. The van der Waals surface area contributed by atoms with Crippen LogP contribution in [0.2, 0.25) is 0 Å². The van der Waals surface area contributed by atoms with E-state index in [-0.39, 0.29) is 0 Å². The normalized spacial score (nSPS) is 31.3. The van der Waals surface area contributed by atoms with Crippen LogP contribution in [0.1, 0.15) is 38.5 Å². The quantitative estimate of drug-likeness (QED) is 0.675. The second-order valence-corrected chi connectivity index (χ2v) is 5.39. The van der Waals surface area contributed by atoms with Gasteiger partial charge in [0.15, 0.2) is 0 Å². The molecule has 2 aliphatic carbocycles. The van der Waals surface area contributed by atoms with Gasteiger partial charge in [0.25, 0.3) is 0 Å². The van der Waals surface area contributed by atoms with Crippen molar-refractivity contribution in [3.63, 3.8) is 0 Å². The first-order chi connectivity index (χ1) is 6.84. The van der Waals surface area contributed by atoms with Gasteiger partial charge in [0.1, 0.15) is 0 Å². The molecule has 0 radical (unpaired) electrons. The van der Waals surface area contributed by atoms with E-state index in [0.29, 0.717) is 0 Å². The molecule has 14 heavy (non-hydrogen) atoms.